The zero-order valence-electron chi connectivity index (χ0n) is 26.7. The Hall–Kier alpha value is -4.07. The molecule has 1 aliphatic carbocycles. The van der Waals surface area contributed by atoms with Crippen LogP contribution in [0.5, 0.6) is 5.88 Å². The second-order valence-electron chi connectivity index (χ2n) is 13.0. The highest BCUT2D eigenvalue weighted by Gasteiger charge is 2.42. The van der Waals surface area contributed by atoms with Gasteiger partial charge in [-0.25, -0.2) is 18.6 Å². The summed E-state index contributed by atoms with van der Waals surface area (Å²) in [6, 6.07) is 8.06. The van der Waals surface area contributed by atoms with Gasteiger partial charge >= 0.3 is 6.09 Å². The number of morpholine rings is 1. The number of hydrogen-bond donors (Lipinski definition) is 0. The minimum atomic E-state index is -2.81. The van der Waals surface area contributed by atoms with Gasteiger partial charge in [-0.3, -0.25) is 14.3 Å². The molecule has 3 aliphatic rings. The molecule has 4 heterocycles. The van der Waals surface area contributed by atoms with Crippen molar-refractivity contribution < 1.29 is 32.6 Å². The van der Waals surface area contributed by atoms with Gasteiger partial charge in [0.25, 0.3) is 6.43 Å². The Kier molecular flexibility index (Phi) is 8.99. The number of likely N-dealkylation sites (N-methyl/N-ethyl adjacent to an activating group) is 1. The molecule has 14 heteroatoms. The van der Waals surface area contributed by atoms with Crippen LogP contribution in [0.25, 0.3) is 16.9 Å². The molecule has 0 spiro atoms. The molecule has 46 heavy (non-hydrogen) atoms. The molecule has 3 aromatic rings. The van der Waals surface area contributed by atoms with Crippen molar-refractivity contribution in [2.75, 3.05) is 44.8 Å². The van der Waals surface area contributed by atoms with Gasteiger partial charge < -0.3 is 24.0 Å². The van der Waals surface area contributed by atoms with E-state index < -0.39 is 30.0 Å². The number of nitrogens with zero attached hydrogens (tertiary/aromatic N) is 7. The fraction of sp³-hybridized carbons (Fsp3) is 0.594. The second-order valence-corrected chi connectivity index (χ2v) is 13.0. The average molecular weight is 642 g/mol. The highest BCUT2D eigenvalue weighted by Crippen LogP contribution is 2.33. The lowest BCUT2D eigenvalue weighted by molar-refractivity contribution is -0.134. The standard InChI is InChI=1S/C32H41F2N7O5/c1-32(2,3)46-31(43)38(4)24-13-14-40(29(24)42)20-9-11-21(12-10-20)45-26-19-25(36-30(37-26)39-15-17-44-18-16-39)41-23-8-6-5-7-22(23)35-28(41)27(33)34/h5-8,19-21,24,27H,9-18H2,1-4H3/t20-,21-,24-/m0/s1. The molecule has 0 unspecified atom stereocenters. The maximum Gasteiger partial charge on any atom is 0.410 e. The third kappa shape index (κ3) is 6.72. The van der Waals surface area contributed by atoms with Crippen LogP contribution in [0, 0.1) is 0 Å². The first-order valence-corrected chi connectivity index (χ1v) is 15.9. The van der Waals surface area contributed by atoms with Gasteiger partial charge in [-0.15, -0.1) is 0 Å². The number of anilines is 1. The smallest absolute Gasteiger partial charge is 0.410 e. The van der Waals surface area contributed by atoms with E-state index in [1.165, 1.54) is 9.47 Å². The van der Waals surface area contributed by atoms with E-state index in [9.17, 15) is 18.4 Å². The number of amides is 2. The van der Waals surface area contributed by atoms with Gasteiger partial charge in [0.05, 0.1) is 24.2 Å². The summed E-state index contributed by atoms with van der Waals surface area (Å²) in [5.41, 5.74) is 0.318. The van der Waals surface area contributed by atoms with Gasteiger partial charge in [0.15, 0.2) is 5.82 Å². The Morgan fingerprint density at radius 1 is 1.02 bits per heavy atom. The SMILES string of the molecule is CN(C(=O)OC(C)(C)C)[C@H]1CCN([C@H]2CC[C@H](Oc3cc(-n4c(C(F)F)nc5ccccc54)nc(N4CCOCC4)n3)CC2)C1=O. The number of para-hydroxylation sites is 2. The van der Waals surface area contributed by atoms with E-state index in [4.69, 9.17) is 24.2 Å². The molecule has 248 valence electrons. The van der Waals surface area contributed by atoms with Crippen molar-refractivity contribution in [1.29, 1.82) is 0 Å². The van der Waals surface area contributed by atoms with E-state index in [0.717, 1.165) is 12.8 Å². The van der Waals surface area contributed by atoms with E-state index in [1.807, 2.05) is 9.80 Å². The van der Waals surface area contributed by atoms with E-state index in [-0.39, 0.29) is 23.9 Å². The number of ether oxygens (including phenoxy) is 3. The summed E-state index contributed by atoms with van der Waals surface area (Å²) in [5, 5.41) is 0. The maximum absolute atomic E-state index is 14.2. The second kappa shape index (κ2) is 13.0. The number of carbonyl (C=O) groups excluding carboxylic acids is 2. The Bertz CT molecular complexity index is 1560. The first-order valence-electron chi connectivity index (χ1n) is 15.9. The number of carbonyl (C=O) groups is 2. The number of imidazole rings is 1. The summed E-state index contributed by atoms with van der Waals surface area (Å²) < 4.78 is 47.2. The van der Waals surface area contributed by atoms with Crippen LogP contribution in [0.3, 0.4) is 0 Å². The fourth-order valence-electron chi connectivity index (χ4n) is 6.43. The quantitative estimate of drug-likeness (QED) is 0.361. The normalized spacial score (nSPS) is 22.5. The van der Waals surface area contributed by atoms with E-state index in [0.29, 0.717) is 75.0 Å². The average Bonchev–Trinajstić information content (AvgIpc) is 3.61. The minimum absolute atomic E-state index is 0.0418. The number of benzene rings is 1. The molecular formula is C32H41F2N7O5. The summed E-state index contributed by atoms with van der Waals surface area (Å²) in [4.78, 5) is 44.8. The van der Waals surface area contributed by atoms with Crippen LogP contribution in [-0.4, -0.2) is 105 Å². The molecule has 3 fully saturated rings. The number of rotatable bonds is 7. The highest BCUT2D eigenvalue weighted by molar-refractivity contribution is 5.87. The molecule has 1 saturated carbocycles. The fourth-order valence-corrected chi connectivity index (χ4v) is 6.43. The lowest BCUT2D eigenvalue weighted by Crippen LogP contribution is -2.48. The first-order chi connectivity index (χ1) is 22.0. The monoisotopic (exact) mass is 641 g/mol. The van der Waals surface area contributed by atoms with Crippen molar-refractivity contribution in [3.05, 3.63) is 36.2 Å². The van der Waals surface area contributed by atoms with Gasteiger partial charge in [-0.05, 0) is 65.0 Å². The third-order valence-corrected chi connectivity index (χ3v) is 8.71. The Morgan fingerprint density at radius 3 is 2.43 bits per heavy atom. The summed E-state index contributed by atoms with van der Waals surface area (Å²) >= 11 is 0. The van der Waals surface area contributed by atoms with E-state index in [1.54, 1.807) is 58.2 Å². The molecular weight excluding hydrogens is 600 g/mol. The van der Waals surface area contributed by atoms with Crippen LogP contribution >= 0.6 is 0 Å². The van der Waals surface area contributed by atoms with Crippen LogP contribution in [0.1, 0.15) is 65.1 Å². The number of fused-ring (bicyclic) bond motifs is 1. The first kappa shape index (κ1) is 31.9. The van der Waals surface area contributed by atoms with Gasteiger partial charge in [0.1, 0.15) is 23.6 Å². The van der Waals surface area contributed by atoms with Crippen molar-refractivity contribution in [2.24, 2.45) is 0 Å². The van der Waals surface area contributed by atoms with Gasteiger partial charge in [-0.1, -0.05) is 12.1 Å². The van der Waals surface area contributed by atoms with Gasteiger partial charge in [0, 0.05) is 38.8 Å². The third-order valence-electron chi connectivity index (χ3n) is 8.71. The molecule has 2 aromatic heterocycles. The van der Waals surface area contributed by atoms with Crippen LogP contribution < -0.4 is 9.64 Å². The molecule has 0 N–H and O–H groups in total. The number of hydrogen-bond acceptors (Lipinski definition) is 9. The molecule has 0 radical (unpaired) electrons. The van der Waals surface area contributed by atoms with E-state index >= 15 is 0 Å². The predicted molar refractivity (Wildman–Crippen MR) is 165 cm³/mol. The molecule has 2 amide bonds. The van der Waals surface area contributed by atoms with Crippen molar-refractivity contribution in [1.82, 2.24) is 29.3 Å². The van der Waals surface area contributed by atoms with Crippen molar-refractivity contribution in [3.63, 3.8) is 0 Å². The Labute approximate surface area is 266 Å². The summed E-state index contributed by atoms with van der Waals surface area (Å²) in [5.74, 6) is 0.474. The van der Waals surface area contributed by atoms with Gasteiger partial charge in [-0.2, -0.15) is 9.97 Å². The van der Waals surface area contributed by atoms with Crippen LogP contribution in [0.15, 0.2) is 30.3 Å². The number of halogens is 2. The van der Waals surface area contributed by atoms with Gasteiger partial charge in [0.2, 0.25) is 17.7 Å². The number of likely N-dealkylation sites (tertiary alicyclic amines) is 1. The highest BCUT2D eigenvalue weighted by atomic mass is 19.3. The van der Waals surface area contributed by atoms with Crippen LogP contribution in [0.2, 0.25) is 0 Å². The molecule has 6 rings (SSSR count). The molecule has 1 atom stereocenters. The zero-order valence-corrected chi connectivity index (χ0v) is 26.7. The Morgan fingerprint density at radius 2 is 1.74 bits per heavy atom. The summed E-state index contributed by atoms with van der Waals surface area (Å²) in [7, 11) is 1.61. The number of aromatic nitrogens is 4. The van der Waals surface area contributed by atoms with Crippen LogP contribution in [0.4, 0.5) is 19.5 Å². The largest absolute Gasteiger partial charge is 0.474 e. The Balaban J connectivity index is 1.17. The maximum atomic E-state index is 14.2. The van der Waals surface area contributed by atoms with Crippen molar-refractivity contribution in [2.45, 2.75) is 83.1 Å². The lowest BCUT2D eigenvalue weighted by Gasteiger charge is -2.35. The van der Waals surface area contributed by atoms with Crippen molar-refractivity contribution >= 4 is 29.0 Å². The predicted octanol–water partition coefficient (Wildman–Crippen LogP) is 4.75. The molecule has 2 aliphatic heterocycles. The van der Waals surface area contributed by atoms with Crippen LogP contribution in [-0.2, 0) is 14.3 Å². The summed E-state index contributed by atoms with van der Waals surface area (Å²) in [6.45, 7) is 8.12. The van der Waals surface area contributed by atoms with Crippen molar-refractivity contribution in [3.8, 4) is 11.7 Å². The molecule has 1 aromatic carbocycles. The molecule has 12 nitrogen and oxygen atoms in total. The topological polar surface area (TPSA) is 115 Å². The van der Waals surface area contributed by atoms with E-state index in [2.05, 4.69) is 4.98 Å². The zero-order chi connectivity index (χ0) is 32.6. The lowest BCUT2D eigenvalue weighted by atomic mass is 9.92. The molecule has 2 saturated heterocycles. The minimum Gasteiger partial charge on any atom is -0.474 e. The summed E-state index contributed by atoms with van der Waals surface area (Å²) in [6.07, 6.45) is -0.107. The molecule has 0 bridgehead atoms. The number of alkyl halides is 2.